The van der Waals surface area contributed by atoms with Crippen LogP contribution in [0, 0.1) is 0 Å². The zero-order chi connectivity index (χ0) is 15.6. The first-order chi connectivity index (χ1) is 9.80. The van der Waals surface area contributed by atoms with Gasteiger partial charge in [-0.25, -0.2) is 8.78 Å². The summed E-state index contributed by atoms with van der Waals surface area (Å²) in [5.74, 6) is 0. The number of aliphatic hydroxyl groups excluding tert-OH is 1. The summed E-state index contributed by atoms with van der Waals surface area (Å²) in [4.78, 5) is 0. The molecule has 0 saturated carbocycles. The van der Waals surface area contributed by atoms with Crippen molar-refractivity contribution in [3.05, 3.63) is 70.8 Å². The van der Waals surface area contributed by atoms with Gasteiger partial charge in [-0.15, -0.1) is 0 Å². The molecular formula is C15H11F5O. The Morgan fingerprint density at radius 1 is 0.810 bits per heavy atom. The van der Waals surface area contributed by atoms with Crippen molar-refractivity contribution in [3.63, 3.8) is 0 Å². The van der Waals surface area contributed by atoms with Crippen LogP contribution in [0.3, 0.4) is 0 Å². The lowest BCUT2D eigenvalue weighted by Gasteiger charge is -2.18. The highest BCUT2D eigenvalue weighted by atomic mass is 19.4. The molecule has 1 N–H and O–H groups in total. The summed E-state index contributed by atoms with van der Waals surface area (Å²) in [5.41, 5.74) is -1.39. The fourth-order valence-corrected chi connectivity index (χ4v) is 2.00. The van der Waals surface area contributed by atoms with Crippen molar-refractivity contribution in [1.29, 1.82) is 0 Å². The van der Waals surface area contributed by atoms with Gasteiger partial charge in [0.1, 0.15) is 6.10 Å². The van der Waals surface area contributed by atoms with Gasteiger partial charge in [0.2, 0.25) is 0 Å². The molecule has 1 unspecified atom stereocenters. The maximum atomic E-state index is 12.9. The number of hydrogen-bond donors (Lipinski definition) is 1. The van der Waals surface area contributed by atoms with E-state index in [1.54, 1.807) is 0 Å². The lowest BCUT2D eigenvalue weighted by Crippen LogP contribution is -2.12. The van der Waals surface area contributed by atoms with E-state index in [1.165, 1.54) is 24.3 Å². The normalized spacial score (nSPS) is 13.5. The highest BCUT2D eigenvalue weighted by molar-refractivity contribution is 5.38. The first-order valence-electron chi connectivity index (χ1n) is 6.03. The summed E-state index contributed by atoms with van der Waals surface area (Å²) < 4.78 is 63.5. The molecular weight excluding hydrogens is 291 g/mol. The number of hydrogen-bond acceptors (Lipinski definition) is 1. The van der Waals surface area contributed by atoms with Gasteiger partial charge < -0.3 is 5.11 Å². The predicted molar refractivity (Wildman–Crippen MR) is 66.9 cm³/mol. The Bertz CT molecular complexity index is 604. The number of halogens is 5. The molecule has 0 fully saturated rings. The van der Waals surface area contributed by atoms with Crippen LogP contribution in [0.15, 0.2) is 48.5 Å². The van der Waals surface area contributed by atoms with Crippen molar-refractivity contribution in [2.45, 2.75) is 18.7 Å². The molecule has 0 saturated heterocycles. The van der Waals surface area contributed by atoms with Crippen LogP contribution >= 0.6 is 0 Å². The second kappa shape index (κ2) is 5.81. The molecule has 0 radical (unpaired) electrons. The predicted octanol–water partition coefficient (Wildman–Crippen LogP) is 4.72. The molecule has 1 atom stereocenters. The molecule has 2 rings (SSSR count). The van der Waals surface area contributed by atoms with Crippen LogP contribution in [-0.2, 0) is 6.18 Å². The van der Waals surface area contributed by atoms with Gasteiger partial charge in [-0.3, -0.25) is 0 Å². The highest BCUT2D eigenvalue weighted by Gasteiger charge is 2.34. The van der Waals surface area contributed by atoms with E-state index in [0.29, 0.717) is 0 Å². The summed E-state index contributed by atoms with van der Waals surface area (Å²) in [6.07, 6.45) is -8.80. The Labute approximate surface area is 117 Å². The minimum absolute atomic E-state index is 0.121. The third-order valence-electron chi connectivity index (χ3n) is 3.06. The van der Waals surface area contributed by atoms with Gasteiger partial charge in [0.15, 0.2) is 0 Å². The molecule has 0 heterocycles. The lowest BCUT2D eigenvalue weighted by atomic mass is 9.96. The molecule has 0 aromatic heterocycles. The summed E-state index contributed by atoms with van der Waals surface area (Å²) >= 11 is 0. The van der Waals surface area contributed by atoms with Crippen molar-refractivity contribution < 1.29 is 27.1 Å². The largest absolute Gasteiger partial charge is 0.416 e. The van der Waals surface area contributed by atoms with E-state index < -0.39 is 24.3 Å². The van der Waals surface area contributed by atoms with Gasteiger partial charge in [0.25, 0.3) is 6.43 Å². The van der Waals surface area contributed by atoms with Crippen molar-refractivity contribution in [1.82, 2.24) is 0 Å². The molecule has 0 spiro atoms. The van der Waals surface area contributed by atoms with Gasteiger partial charge in [-0.1, -0.05) is 42.5 Å². The quantitative estimate of drug-likeness (QED) is 0.813. The Hall–Kier alpha value is -1.95. The summed E-state index contributed by atoms with van der Waals surface area (Å²) in [6.45, 7) is 0. The van der Waals surface area contributed by atoms with Gasteiger partial charge in [0, 0.05) is 5.56 Å². The molecule has 2 aromatic rings. The molecule has 6 heteroatoms. The van der Waals surface area contributed by atoms with Gasteiger partial charge >= 0.3 is 6.18 Å². The topological polar surface area (TPSA) is 20.2 Å². The Balaban J connectivity index is 2.38. The van der Waals surface area contributed by atoms with E-state index in [4.69, 9.17) is 0 Å². The third-order valence-corrected chi connectivity index (χ3v) is 3.06. The summed E-state index contributed by atoms with van der Waals surface area (Å²) in [6, 6.07) is 9.18. The smallest absolute Gasteiger partial charge is 0.384 e. The minimum Gasteiger partial charge on any atom is -0.384 e. The Morgan fingerprint density at radius 3 is 1.86 bits per heavy atom. The first-order valence-corrected chi connectivity index (χ1v) is 6.03. The SMILES string of the molecule is OC(c1ccc(C(F)F)cc1)c1ccccc1C(F)(F)F. The van der Waals surface area contributed by atoms with Crippen LogP contribution in [0.2, 0.25) is 0 Å². The average molecular weight is 302 g/mol. The van der Waals surface area contributed by atoms with E-state index >= 15 is 0 Å². The van der Waals surface area contributed by atoms with E-state index in [0.717, 1.165) is 24.3 Å². The van der Waals surface area contributed by atoms with Crippen LogP contribution in [-0.4, -0.2) is 5.11 Å². The monoisotopic (exact) mass is 302 g/mol. The first kappa shape index (κ1) is 15.4. The number of rotatable bonds is 3. The fraction of sp³-hybridized carbons (Fsp3) is 0.200. The number of alkyl halides is 5. The molecule has 2 aromatic carbocycles. The Kier molecular flexibility index (Phi) is 4.27. The van der Waals surface area contributed by atoms with Crippen LogP contribution < -0.4 is 0 Å². The molecule has 1 nitrogen and oxygen atoms in total. The standard InChI is InChI=1S/C15H11F5O/c16-14(17)10-7-5-9(6-8-10)13(21)11-3-1-2-4-12(11)15(18,19)20/h1-8,13-14,21H. The van der Waals surface area contributed by atoms with E-state index in [-0.39, 0.29) is 16.7 Å². The fourth-order valence-electron chi connectivity index (χ4n) is 2.00. The highest BCUT2D eigenvalue weighted by Crippen LogP contribution is 2.36. The molecule has 21 heavy (non-hydrogen) atoms. The molecule has 0 aliphatic rings. The van der Waals surface area contributed by atoms with Crippen molar-refractivity contribution in [3.8, 4) is 0 Å². The average Bonchev–Trinajstić information content (AvgIpc) is 2.45. The van der Waals surface area contributed by atoms with Gasteiger partial charge in [-0.05, 0) is 17.2 Å². The third kappa shape index (κ3) is 3.39. The van der Waals surface area contributed by atoms with Crippen LogP contribution in [0.4, 0.5) is 22.0 Å². The van der Waals surface area contributed by atoms with E-state index in [2.05, 4.69) is 0 Å². The van der Waals surface area contributed by atoms with E-state index in [9.17, 15) is 27.1 Å². The minimum atomic E-state index is -4.60. The van der Waals surface area contributed by atoms with Crippen molar-refractivity contribution in [2.75, 3.05) is 0 Å². The second-order valence-electron chi connectivity index (χ2n) is 4.45. The summed E-state index contributed by atoms with van der Waals surface area (Å²) in [5, 5.41) is 10.1. The molecule has 0 aliphatic heterocycles. The zero-order valence-electron chi connectivity index (χ0n) is 10.6. The molecule has 0 amide bonds. The van der Waals surface area contributed by atoms with Crippen molar-refractivity contribution in [2.24, 2.45) is 0 Å². The zero-order valence-corrected chi connectivity index (χ0v) is 10.6. The Morgan fingerprint density at radius 2 is 1.33 bits per heavy atom. The molecule has 0 bridgehead atoms. The van der Waals surface area contributed by atoms with E-state index in [1.807, 2.05) is 0 Å². The number of benzene rings is 2. The molecule has 112 valence electrons. The van der Waals surface area contributed by atoms with Crippen LogP contribution in [0.25, 0.3) is 0 Å². The van der Waals surface area contributed by atoms with Gasteiger partial charge in [0.05, 0.1) is 5.56 Å². The van der Waals surface area contributed by atoms with Crippen molar-refractivity contribution >= 4 is 0 Å². The second-order valence-corrected chi connectivity index (χ2v) is 4.45. The maximum absolute atomic E-state index is 12.9. The maximum Gasteiger partial charge on any atom is 0.416 e. The lowest BCUT2D eigenvalue weighted by molar-refractivity contribution is -0.139. The molecule has 0 aliphatic carbocycles. The van der Waals surface area contributed by atoms with Crippen LogP contribution in [0.5, 0.6) is 0 Å². The van der Waals surface area contributed by atoms with Gasteiger partial charge in [-0.2, -0.15) is 13.2 Å². The summed E-state index contributed by atoms with van der Waals surface area (Å²) in [7, 11) is 0. The number of aliphatic hydroxyl groups is 1. The van der Waals surface area contributed by atoms with Crippen LogP contribution in [0.1, 0.15) is 34.8 Å².